The molecule has 0 radical (unpaired) electrons. The Kier molecular flexibility index (Phi) is 6.94. The van der Waals surface area contributed by atoms with E-state index in [-0.39, 0.29) is 34.7 Å². The standard InChI is InChI=1S/C34H40N2O2/c1-33(2,3)30(36-23-27-14-9-10-15-28(27)32(36)38)26-19-17-24(18-20-26)22-34(4,5)31(25-12-7-6-8-13-25)35-21-11-16-29(35)37/h6-10,12-15,17-20,30-31H,11,16,21-23H2,1-5H3. The maximum Gasteiger partial charge on any atom is 0.255 e. The van der Waals surface area contributed by atoms with Crippen molar-refractivity contribution < 1.29 is 9.59 Å². The van der Waals surface area contributed by atoms with Gasteiger partial charge >= 0.3 is 0 Å². The van der Waals surface area contributed by atoms with Crippen LogP contribution in [0.2, 0.25) is 0 Å². The average Bonchev–Trinajstić information content (AvgIpc) is 3.43. The lowest BCUT2D eigenvalue weighted by Crippen LogP contribution is -2.40. The number of carbonyl (C=O) groups is 2. The van der Waals surface area contributed by atoms with Crippen molar-refractivity contribution in [2.24, 2.45) is 10.8 Å². The summed E-state index contributed by atoms with van der Waals surface area (Å²) in [7, 11) is 0. The summed E-state index contributed by atoms with van der Waals surface area (Å²) in [5.41, 5.74) is 5.26. The predicted molar refractivity (Wildman–Crippen MR) is 153 cm³/mol. The Morgan fingerprint density at radius 1 is 0.737 bits per heavy atom. The van der Waals surface area contributed by atoms with Gasteiger partial charge in [-0.1, -0.05) is 107 Å². The van der Waals surface area contributed by atoms with Crippen LogP contribution in [0.15, 0.2) is 78.9 Å². The van der Waals surface area contributed by atoms with Gasteiger partial charge in [-0.2, -0.15) is 0 Å². The van der Waals surface area contributed by atoms with E-state index in [1.165, 1.54) is 11.1 Å². The zero-order valence-electron chi connectivity index (χ0n) is 23.4. The lowest BCUT2D eigenvalue weighted by atomic mass is 9.74. The molecule has 2 amide bonds. The molecule has 5 rings (SSSR count). The van der Waals surface area contributed by atoms with Crippen molar-refractivity contribution in [3.8, 4) is 0 Å². The fraction of sp³-hybridized carbons (Fsp3) is 0.412. The predicted octanol–water partition coefficient (Wildman–Crippen LogP) is 7.36. The molecule has 0 saturated carbocycles. The Morgan fingerprint density at radius 2 is 1.37 bits per heavy atom. The molecule has 3 aromatic carbocycles. The van der Waals surface area contributed by atoms with Crippen LogP contribution in [0, 0.1) is 10.8 Å². The van der Waals surface area contributed by atoms with Crippen LogP contribution in [-0.2, 0) is 17.8 Å². The summed E-state index contributed by atoms with van der Waals surface area (Å²) in [5, 5.41) is 0. The summed E-state index contributed by atoms with van der Waals surface area (Å²) >= 11 is 0. The molecule has 1 saturated heterocycles. The van der Waals surface area contributed by atoms with Crippen LogP contribution >= 0.6 is 0 Å². The molecule has 38 heavy (non-hydrogen) atoms. The number of amides is 2. The second kappa shape index (κ2) is 10.1. The Labute approximate surface area is 227 Å². The molecular weight excluding hydrogens is 468 g/mol. The Balaban J connectivity index is 1.41. The molecule has 2 heterocycles. The number of hydrogen-bond donors (Lipinski definition) is 0. The third kappa shape index (κ3) is 5.01. The van der Waals surface area contributed by atoms with E-state index < -0.39 is 0 Å². The molecular formula is C34H40N2O2. The molecule has 0 N–H and O–H groups in total. The van der Waals surface area contributed by atoms with E-state index in [0.29, 0.717) is 13.0 Å². The van der Waals surface area contributed by atoms with Gasteiger partial charge in [-0.3, -0.25) is 9.59 Å². The van der Waals surface area contributed by atoms with Crippen molar-refractivity contribution in [1.29, 1.82) is 0 Å². The van der Waals surface area contributed by atoms with Gasteiger partial charge in [0.2, 0.25) is 5.91 Å². The summed E-state index contributed by atoms with van der Waals surface area (Å²) in [5.74, 6) is 0.373. The number of benzene rings is 3. The highest BCUT2D eigenvalue weighted by atomic mass is 16.2. The number of nitrogens with zero attached hydrogens (tertiary/aromatic N) is 2. The highest BCUT2D eigenvalue weighted by molar-refractivity contribution is 5.98. The molecule has 2 unspecified atom stereocenters. The molecule has 198 valence electrons. The van der Waals surface area contributed by atoms with Crippen molar-refractivity contribution in [3.63, 3.8) is 0 Å². The van der Waals surface area contributed by atoms with E-state index in [4.69, 9.17) is 0 Å². The summed E-state index contributed by atoms with van der Waals surface area (Å²) < 4.78 is 0. The molecule has 0 aromatic heterocycles. The van der Waals surface area contributed by atoms with Gasteiger partial charge < -0.3 is 9.80 Å². The lowest BCUT2D eigenvalue weighted by Gasteiger charge is -2.41. The average molecular weight is 509 g/mol. The van der Waals surface area contributed by atoms with E-state index in [0.717, 1.165) is 36.1 Å². The second-order valence-electron chi connectivity index (χ2n) is 12.8. The number of fused-ring (bicyclic) bond motifs is 1. The first-order valence-corrected chi connectivity index (χ1v) is 13.9. The van der Waals surface area contributed by atoms with Crippen molar-refractivity contribution in [2.45, 2.75) is 72.5 Å². The third-order valence-electron chi connectivity index (χ3n) is 8.21. The van der Waals surface area contributed by atoms with Gasteiger partial charge in [0, 0.05) is 25.1 Å². The minimum absolute atomic E-state index is 0.0243. The molecule has 4 nitrogen and oxygen atoms in total. The topological polar surface area (TPSA) is 40.6 Å². The monoisotopic (exact) mass is 508 g/mol. The molecule has 2 atom stereocenters. The van der Waals surface area contributed by atoms with Gasteiger partial charge in [0.15, 0.2) is 0 Å². The summed E-state index contributed by atoms with van der Waals surface area (Å²) in [6, 6.07) is 27.3. The van der Waals surface area contributed by atoms with Gasteiger partial charge in [-0.15, -0.1) is 0 Å². The fourth-order valence-corrected chi connectivity index (χ4v) is 6.70. The number of hydrogen-bond acceptors (Lipinski definition) is 2. The van der Waals surface area contributed by atoms with Gasteiger partial charge in [0.1, 0.15) is 0 Å². The number of likely N-dealkylation sites (tertiary alicyclic amines) is 1. The Bertz CT molecular complexity index is 1300. The molecule has 0 aliphatic carbocycles. The Morgan fingerprint density at radius 3 is 1.97 bits per heavy atom. The van der Waals surface area contributed by atoms with Crippen LogP contribution < -0.4 is 0 Å². The van der Waals surface area contributed by atoms with Crippen LogP contribution in [0.1, 0.15) is 92.2 Å². The van der Waals surface area contributed by atoms with Crippen LogP contribution in [-0.4, -0.2) is 28.2 Å². The van der Waals surface area contributed by atoms with E-state index in [2.05, 4.69) is 94.1 Å². The maximum atomic E-state index is 13.4. The van der Waals surface area contributed by atoms with E-state index in [1.54, 1.807) is 0 Å². The summed E-state index contributed by atoms with van der Waals surface area (Å²) in [4.78, 5) is 30.3. The fourth-order valence-electron chi connectivity index (χ4n) is 6.70. The van der Waals surface area contributed by atoms with Gasteiger partial charge in [-0.25, -0.2) is 0 Å². The molecule has 3 aromatic rings. The number of carbonyl (C=O) groups excluding carboxylic acids is 2. The lowest BCUT2D eigenvalue weighted by molar-refractivity contribution is -0.132. The van der Waals surface area contributed by atoms with Crippen molar-refractivity contribution in [1.82, 2.24) is 9.80 Å². The van der Waals surface area contributed by atoms with Crippen LogP contribution in [0.3, 0.4) is 0 Å². The zero-order chi connectivity index (χ0) is 27.1. The molecule has 0 spiro atoms. The van der Waals surface area contributed by atoms with Crippen LogP contribution in [0.5, 0.6) is 0 Å². The summed E-state index contributed by atoms with van der Waals surface area (Å²) in [6.07, 6.45) is 2.42. The Hall–Kier alpha value is -3.40. The van der Waals surface area contributed by atoms with Crippen LogP contribution in [0.25, 0.3) is 0 Å². The largest absolute Gasteiger partial charge is 0.335 e. The highest BCUT2D eigenvalue weighted by Gasteiger charge is 2.41. The molecule has 2 aliphatic rings. The molecule has 4 heteroatoms. The maximum absolute atomic E-state index is 13.4. The number of rotatable bonds is 7. The first-order valence-electron chi connectivity index (χ1n) is 13.9. The van der Waals surface area contributed by atoms with Gasteiger partial charge in [-0.05, 0) is 52.0 Å². The summed E-state index contributed by atoms with van der Waals surface area (Å²) in [6.45, 7) is 12.7. The molecule has 2 aliphatic heterocycles. The zero-order valence-corrected chi connectivity index (χ0v) is 23.4. The van der Waals surface area contributed by atoms with E-state index in [9.17, 15) is 9.59 Å². The molecule has 1 fully saturated rings. The van der Waals surface area contributed by atoms with Crippen LogP contribution in [0.4, 0.5) is 0 Å². The van der Waals surface area contributed by atoms with Crippen molar-refractivity contribution >= 4 is 11.8 Å². The van der Waals surface area contributed by atoms with Crippen molar-refractivity contribution in [3.05, 3.63) is 107 Å². The first kappa shape index (κ1) is 26.2. The highest BCUT2D eigenvalue weighted by Crippen LogP contribution is 2.44. The van der Waals surface area contributed by atoms with E-state index >= 15 is 0 Å². The minimum atomic E-state index is -0.154. The minimum Gasteiger partial charge on any atom is -0.335 e. The first-order chi connectivity index (χ1) is 18.1. The second-order valence-corrected chi connectivity index (χ2v) is 12.8. The van der Waals surface area contributed by atoms with Gasteiger partial charge in [0.25, 0.3) is 5.91 Å². The molecule has 0 bridgehead atoms. The SMILES string of the molecule is CC(C)(C)C(c1ccc(CC(C)(C)C(c2ccccc2)N2CCCC2=O)cc1)N1Cc2ccccc2C1=O. The smallest absolute Gasteiger partial charge is 0.255 e. The quantitative estimate of drug-likeness (QED) is 0.334. The normalized spacial score (nSPS) is 17.6. The third-order valence-corrected chi connectivity index (χ3v) is 8.21. The van der Waals surface area contributed by atoms with Crippen molar-refractivity contribution in [2.75, 3.05) is 6.54 Å². The van der Waals surface area contributed by atoms with E-state index in [1.807, 2.05) is 29.2 Å². The van der Waals surface area contributed by atoms with Gasteiger partial charge in [0.05, 0.1) is 12.1 Å².